The molecule has 0 spiro atoms. The van der Waals surface area contributed by atoms with Crippen LogP contribution in [-0.4, -0.2) is 17.3 Å². The molecule has 1 saturated carbocycles. The molecule has 0 aliphatic heterocycles. The highest BCUT2D eigenvalue weighted by atomic mass is 16.3. The molecule has 0 bridgehead atoms. The molecule has 2 N–H and O–H groups in total. The molecular formula is C17H27NO. The number of rotatable bonds is 5. The quantitative estimate of drug-likeness (QED) is 0.851. The van der Waals surface area contributed by atoms with Gasteiger partial charge in [-0.25, -0.2) is 0 Å². The average Bonchev–Trinajstić information content (AvgIpc) is 2.42. The van der Waals surface area contributed by atoms with E-state index in [1.54, 1.807) is 0 Å². The minimum absolute atomic E-state index is 0.478. The van der Waals surface area contributed by atoms with Crippen molar-refractivity contribution in [3.8, 4) is 0 Å². The highest BCUT2D eigenvalue weighted by Crippen LogP contribution is 2.33. The minimum atomic E-state index is -0.478. The SMILES string of the molecule is CCC1CCC(O)(CNCc2ccccc2C)CC1. The van der Waals surface area contributed by atoms with E-state index in [-0.39, 0.29) is 0 Å². The maximum atomic E-state index is 10.6. The molecule has 0 unspecified atom stereocenters. The summed E-state index contributed by atoms with van der Waals surface area (Å²) in [4.78, 5) is 0. The van der Waals surface area contributed by atoms with Gasteiger partial charge in [0.1, 0.15) is 0 Å². The number of nitrogens with one attached hydrogen (secondary N) is 1. The predicted octanol–water partition coefficient (Wildman–Crippen LogP) is 3.42. The van der Waals surface area contributed by atoms with Crippen molar-refractivity contribution in [2.24, 2.45) is 5.92 Å². The van der Waals surface area contributed by atoms with Crippen LogP contribution in [0.4, 0.5) is 0 Å². The number of aryl methyl sites for hydroxylation is 1. The first kappa shape index (κ1) is 14.5. The van der Waals surface area contributed by atoms with E-state index in [2.05, 4.69) is 43.4 Å². The molecule has 1 aliphatic carbocycles. The van der Waals surface area contributed by atoms with E-state index in [4.69, 9.17) is 0 Å². The van der Waals surface area contributed by atoms with Crippen LogP contribution >= 0.6 is 0 Å². The van der Waals surface area contributed by atoms with Gasteiger partial charge in [0.25, 0.3) is 0 Å². The molecule has 2 heteroatoms. The van der Waals surface area contributed by atoms with Crippen LogP contribution in [0.1, 0.15) is 50.2 Å². The summed E-state index contributed by atoms with van der Waals surface area (Å²) in [5.74, 6) is 0.830. The maximum Gasteiger partial charge on any atom is 0.0771 e. The van der Waals surface area contributed by atoms with Crippen molar-refractivity contribution < 1.29 is 5.11 Å². The second-order valence-corrected chi connectivity index (χ2v) is 6.11. The van der Waals surface area contributed by atoms with E-state index >= 15 is 0 Å². The summed E-state index contributed by atoms with van der Waals surface area (Å²) in [6, 6.07) is 8.43. The molecule has 1 aliphatic rings. The Hall–Kier alpha value is -0.860. The van der Waals surface area contributed by atoms with Gasteiger partial charge < -0.3 is 10.4 Å². The Morgan fingerprint density at radius 1 is 1.26 bits per heavy atom. The molecule has 1 aromatic carbocycles. The largest absolute Gasteiger partial charge is 0.389 e. The summed E-state index contributed by atoms with van der Waals surface area (Å²) < 4.78 is 0. The van der Waals surface area contributed by atoms with Crippen LogP contribution < -0.4 is 5.32 Å². The van der Waals surface area contributed by atoms with E-state index in [1.165, 1.54) is 30.4 Å². The minimum Gasteiger partial charge on any atom is -0.389 e. The van der Waals surface area contributed by atoms with Gasteiger partial charge in [0.05, 0.1) is 5.60 Å². The fourth-order valence-electron chi connectivity index (χ4n) is 3.04. The number of hydrogen-bond acceptors (Lipinski definition) is 2. The first-order chi connectivity index (χ1) is 9.13. The Morgan fingerprint density at radius 2 is 1.95 bits per heavy atom. The lowest BCUT2D eigenvalue weighted by atomic mass is 9.78. The Kier molecular flexibility index (Phi) is 5.00. The van der Waals surface area contributed by atoms with Gasteiger partial charge >= 0.3 is 0 Å². The average molecular weight is 261 g/mol. The molecule has 1 aromatic rings. The third-order valence-electron chi connectivity index (χ3n) is 4.64. The van der Waals surface area contributed by atoms with Crippen LogP contribution in [-0.2, 0) is 6.54 Å². The van der Waals surface area contributed by atoms with Crippen molar-refractivity contribution in [2.75, 3.05) is 6.54 Å². The molecule has 0 radical (unpaired) electrons. The first-order valence-electron chi connectivity index (χ1n) is 7.60. The number of hydrogen-bond donors (Lipinski definition) is 2. The fraction of sp³-hybridized carbons (Fsp3) is 0.647. The second-order valence-electron chi connectivity index (χ2n) is 6.11. The van der Waals surface area contributed by atoms with E-state index in [0.29, 0.717) is 0 Å². The van der Waals surface area contributed by atoms with Crippen LogP contribution in [0.5, 0.6) is 0 Å². The molecule has 19 heavy (non-hydrogen) atoms. The lowest BCUT2D eigenvalue weighted by molar-refractivity contribution is -0.00882. The van der Waals surface area contributed by atoms with Gasteiger partial charge in [0, 0.05) is 13.1 Å². The van der Waals surface area contributed by atoms with Crippen molar-refractivity contribution in [3.63, 3.8) is 0 Å². The van der Waals surface area contributed by atoms with Crippen LogP contribution in [0, 0.1) is 12.8 Å². The summed E-state index contributed by atoms with van der Waals surface area (Å²) in [6.45, 7) is 5.97. The van der Waals surface area contributed by atoms with Crippen molar-refractivity contribution in [2.45, 2.75) is 58.1 Å². The second kappa shape index (κ2) is 6.53. The van der Waals surface area contributed by atoms with Gasteiger partial charge in [-0.15, -0.1) is 0 Å². The first-order valence-corrected chi connectivity index (χ1v) is 7.60. The van der Waals surface area contributed by atoms with E-state index < -0.39 is 5.60 Å². The van der Waals surface area contributed by atoms with Crippen molar-refractivity contribution in [3.05, 3.63) is 35.4 Å². The van der Waals surface area contributed by atoms with Crippen molar-refractivity contribution >= 4 is 0 Å². The topological polar surface area (TPSA) is 32.3 Å². The van der Waals surface area contributed by atoms with Gasteiger partial charge in [-0.05, 0) is 49.7 Å². The summed E-state index contributed by atoms with van der Waals surface area (Å²) in [5.41, 5.74) is 2.17. The van der Waals surface area contributed by atoms with Gasteiger partial charge in [-0.2, -0.15) is 0 Å². The lowest BCUT2D eigenvalue weighted by Gasteiger charge is -2.36. The van der Waals surface area contributed by atoms with Gasteiger partial charge in [0.2, 0.25) is 0 Å². The third kappa shape index (κ3) is 4.05. The molecule has 2 nitrogen and oxygen atoms in total. The lowest BCUT2D eigenvalue weighted by Crippen LogP contribution is -2.43. The summed E-state index contributed by atoms with van der Waals surface area (Å²) in [6.07, 6.45) is 5.52. The van der Waals surface area contributed by atoms with Gasteiger partial charge in [-0.1, -0.05) is 37.6 Å². The van der Waals surface area contributed by atoms with E-state index in [1.807, 2.05) is 0 Å². The monoisotopic (exact) mass is 261 g/mol. The smallest absolute Gasteiger partial charge is 0.0771 e. The Labute approximate surface area is 117 Å². The highest BCUT2D eigenvalue weighted by molar-refractivity contribution is 5.25. The highest BCUT2D eigenvalue weighted by Gasteiger charge is 2.31. The molecule has 1 fully saturated rings. The molecule has 0 atom stereocenters. The number of benzene rings is 1. The van der Waals surface area contributed by atoms with Crippen LogP contribution in [0.3, 0.4) is 0 Å². The van der Waals surface area contributed by atoms with E-state index in [0.717, 1.165) is 31.8 Å². The van der Waals surface area contributed by atoms with E-state index in [9.17, 15) is 5.11 Å². The maximum absolute atomic E-state index is 10.6. The molecule has 0 aromatic heterocycles. The number of aliphatic hydroxyl groups is 1. The zero-order valence-corrected chi connectivity index (χ0v) is 12.3. The summed E-state index contributed by atoms with van der Waals surface area (Å²) in [5, 5.41) is 14.0. The Bertz CT molecular complexity index is 394. The van der Waals surface area contributed by atoms with Crippen LogP contribution in [0.15, 0.2) is 24.3 Å². The summed E-state index contributed by atoms with van der Waals surface area (Å²) >= 11 is 0. The molecule has 0 amide bonds. The molecule has 2 rings (SSSR count). The Morgan fingerprint density at radius 3 is 2.58 bits per heavy atom. The molecule has 0 saturated heterocycles. The molecule has 0 heterocycles. The van der Waals surface area contributed by atoms with Crippen molar-refractivity contribution in [1.82, 2.24) is 5.32 Å². The van der Waals surface area contributed by atoms with Crippen LogP contribution in [0.2, 0.25) is 0 Å². The normalized spacial score (nSPS) is 27.4. The zero-order valence-electron chi connectivity index (χ0n) is 12.3. The standard InChI is InChI=1S/C17H27NO/c1-3-15-8-10-17(19,11-9-15)13-18-12-16-7-5-4-6-14(16)2/h4-7,15,18-19H,3,8-13H2,1-2H3. The molecular weight excluding hydrogens is 234 g/mol. The predicted molar refractivity (Wildman–Crippen MR) is 80.1 cm³/mol. The molecule has 106 valence electrons. The zero-order chi connectivity index (χ0) is 13.7. The van der Waals surface area contributed by atoms with Crippen LogP contribution in [0.25, 0.3) is 0 Å². The summed E-state index contributed by atoms with van der Waals surface area (Å²) in [7, 11) is 0. The fourth-order valence-corrected chi connectivity index (χ4v) is 3.04. The van der Waals surface area contributed by atoms with Gasteiger partial charge in [-0.3, -0.25) is 0 Å². The third-order valence-corrected chi connectivity index (χ3v) is 4.64. The Balaban J connectivity index is 1.78. The van der Waals surface area contributed by atoms with Gasteiger partial charge in [0.15, 0.2) is 0 Å². The van der Waals surface area contributed by atoms with Crippen molar-refractivity contribution in [1.29, 1.82) is 0 Å².